The third kappa shape index (κ3) is 3.83. The summed E-state index contributed by atoms with van der Waals surface area (Å²) in [4.78, 5) is 43.1. The van der Waals surface area contributed by atoms with E-state index in [0.29, 0.717) is 16.9 Å². The van der Waals surface area contributed by atoms with Crippen LogP contribution in [0.3, 0.4) is 0 Å². The average Bonchev–Trinajstić information content (AvgIpc) is 3.55. The molecule has 6 rings (SSSR count). The number of aliphatic hydroxyl groups is 1. The number of para-hydroxylation sites is 1. The van der Waals surface area contributed by atoms with Crippen molar-refractivity contribution in [2.75, 3.05) is 6.54 Å². The van der Waals surface area contributed by atoms with E-state index in [-0.39, 0.29) is 60.6 Å². The highest BCUT2D eigenvalue weighted by Gasteiger charge is 2.45. The summed E-state index contributed by atoms with van der Waals surface area (Å²) in [7, 11) is 0. The number of hydrogen-bond acceptors (Lipinski definition) is 8. The molecule has 3 aliphatic rings. The molecule has 0 spiro atoms. The van der Waals surface area contributed by atoms with Crippen LogP contribution < -0.4 is 16.3 Å². The third-order valence-electron chi connectivity index (χ3n) is 7.38. The van der Waals surface area contributed by atoms with Crippen molar-refractivity contribution in [3.8, 4) is 11.4 Å². The van der Waals surface area contributed by atoms with Gasteiger partial charge >= 0.3 is 5.97 Å². The molecule has 5 heterocycles. The number of esters is 1. The van der Waals surface area contributed by atoms with Gasteiger partial charge in [0.25, 0.3) is 11.5 Å². The van der Waals surface area contributed by atoms with E-state index in [1.165, 1.54) is 0 Å². The number of hydrazone groups is 1. The second-order valence-electron chi connectivity index (χ2n) is 9.36. The Morgan fingerprint density at radius 2 is 2.16 bits per heavy atom. The molecule has 1 unspecified atom stereocenters. The molecule has 0 radical (unpaired) electrons. The number of rotatable bonds is 4. The second-order valence-corrected chi connectivity index (χ2v) is 9.36. The largest absolute Gasteiger partial charge is 0.458 e. The van der Waals surface area contributed by atoms with Crippen LogP contribution >= 0.6 is 12.4 Å². The first-order valence-electron chi connectivity index (χ1n) is 12.1. The molecule has 2 aromatic heterocycles. The number of carbonyl (C=O) groups excluding carboxylic acids is 2. The summed E-state index contributed by atoms with van der Waals surface area (Å²) in [6, 6.07) is 8.99. The molecule has 11 heteroatoms. The zero-order valence-corrected chi connectivity index (χ0v) is 20.9. The predicted molar refractivity (Wildman–Crippen MR) is 139 cm³/mol. The normalized spacial score (nSPS) is 21.8. The van der Waals surface area contributed by atoms with Gasteiger partial charge in [-0.15, -0.1) is 12.4 Å². The molecule has 1 amide bonds. The smallest absolute Gasteiger partial charge is 0.343 e. The molecule has 0 saturated carbocycles. The number of pyridine rings is 2. The molecule has 1 aromatic carbocycles. The molecular formula is C26H26ClN5O5. The molecule has 0 aliphatic carbocycles. The second kappa shape index (κ2) is 9.37. The number of halogens is 1. The van der Waals surface area contributed by atoms with E-state index < -0.39 is 11.6 Å². The Bertz CT molecular complexity index is 1530. The van der Waals surface area contributed by atoms with Gasteiger partial charge in [0.1, 0.15) is 6.61 Å². The molecule has 1 fully saturated rings. The number of hydrogen-bond donors (Lipinski definition) is 3. The Labute approximate surface area is 218 Å². The lowest BCUT2D eigenvalue weighted by molar-refractivity contribution is -0.172. The fourth-order valence-electron chi connectivity index (χ4n) is 5.35. The summed E-state index contributed by atoms with van der Waals surface area (Å²) in [6.07, 6.45) is 3.40. The molecule has 0 bridgehead atoms. The third-order valence-corrected chi connectivity index (χ3v) is 7.38. The number of fused-ring (bicyclic) bond motifs is 5. The quantitative estimate of drug-likeness (QED) is 0.210. The number of cyclic esters (lactones) is 1. The van der Waals surface area contributed by atoms with Gasteiger partial charge in [-0.1, -0.05) is 25.1 Å². The van der Waals surface area contributed by atoms with Crippen molar-refractivity contribution in [1.82, 2.24) is 20.3 Å². The zero-order chi connectivity index (χ0) is 25.0. The molecular weight excluding hydrogens is 498 g/mol. The van der Waals surface area contributed by atoms with Gasteiger partial charge in [-0.3, -0.25) is 9.59 Å². The maximum Gasteiger partial charge on any atom is 0.343 e. The van der Waals surface area contributed by atoms with E-state index in [0.717, 1.165) is 35.9 Å². The number of benzene rings is 1. The van der Waals surface area contributed by atoms with E-state index in [1.807, 2.05) is 24.3 Å². The highest BCUT2D eigenvalue weighted by atomic mass is 35.5. The highest BCUT2D eigenvalue weighted by molar-refractivity contribution is 6.02. The Balaban J connectivity index is 0.00000280. The van der Waals surface area contributed by atoms with Crippen molar-refractivity contribution < 1.29 is 19.4 Å². The van der Waals surface area contributed by atoms with Gasteiger partial charge in [0, 0.05) is 22.1 Å². The van der Waals surface area contributed by atoms with E-state index in [1.54, 1.807) is 23.8 Å². The number of amides is 1. The minimum absolute atomic E-state index is 0. The monoisotopic (exact) mass is 523 g/mol. The van der Waals surface area contributed by atoms with E-state index in [9.17, 15) is 19.5 Å². The van der Waals surface area contributed by atoms with Crippen LogP contribution in [0.5, 0.6) is 0 Å². The SMILES string of the molecule is CC[C@@]1(O)C(=O)OCc2c1cc1n(c2=O)Cc2c-1nc1ccccc1c2/C=N\NC(=O)C1CCCN1.Cl. The fourth-order valence-corrected chi connectivity index (χ4v) is 5.35. The number of nitrogens with zero attached hydrogens (tertiary/aromatic N) is 3. The zero-order valence-electron chi connectivity index (χ0n) is 20.1. The van der Waals surface area contributed by atoms with Gasteiger partial charge < -0.3 is 19.7 Å². The Morgan fingerprint density at radius 1 is 1.35 bits per heavy atom. The lowest BCUT2D eigenvalue weighted by atomic mass is 9.86. The van der Waals surface area contributed by atoms with Crippen LogP contribution in [0.25, 0.3) is 22.3 Å². The Kier molecular flexibility index (Phi) is 6.35. The highest BCUT2D eigenvalue weighted by Crippen LogP contribution is 2.39. The van der Waals surface area contributed by atoms with E-state index in [2.05, 4.69) is 15.8 Å². The minimum atomic E-state index is -1.88. The topological polar surface area (TPSA) is 135 Å². The van der Waals surface area contributed by atoms with Crippen molar-refractivity contribution in [1.29, 1.82) is 0 Å². The van der Waals surface area contributed by atoms with Crippen LogP contribution in [0.15, 0.2) is 40.2 Å². The van der Waals surface area contributed by atoms with Crippen molar-refractivity contribution in [2.24, 2.45) is 5.10 Å². The summed E-state index contributed by atoms with van der Waals surface area (Å²) < 4.78 is 6.73. The molecule has 3 aliphatic heterocycles. The van der Waals surface area contributed by atoms with Crippen LogP contribution in [0.4, 0.5) is 0 Å². The van der Waals surface area contributed by atoms with Crippen LogP contribution in [-0.4, -0.2) is 45.3 Å². The van der Waals surface area contributed by atoms with Crippen molar-refractivity contribution in [3.05, 3.63) is 62.9 Å². The first-order chi connectivity index (χ1) is 17.4. The predicted octanol–water partition coefficient (Wildman–Crippen LogP) is 1.70. The number of nitrogens with one attached hydrogen (secondary N) is 2. The summed E-state index contributed by atoms with van der Waals surface area (Å²) in [5.41, 5.74) is 4.27. The number of aromatic nitrogens is 2. The number of ether oxygens (including phenoxy) is 1. The van der Waals surface area contributed by atoms with Crippen molar-refractivity contribution in [3.63, 3.8) is 0 Å². The van der Waals surface area contributed by atoms with Gasteiger partial charge in [-0.25, -0.2) is 15.2 Å². The van der Waals surface area contributed by atoms with Gasteiger partial charge in [0.2, 0.25) is 0 Å². The minimum Gasteiger partial charge on any atom is -0.458 e. The van der Waals surface area contributed by atoms with E-state index in [4.69, 9.17) is 9.72 Å². The molecule has 37 heavy (non-hydrogen) atoms. The van der Waals surface area contributed by atoms with Crippen LogP contribution in [0, 0.1) is 0 Å². The van der Waals surface area contributed by atoms with Gasteiger partial charge in [0.05, 0.1) is 41.3 Å². The summed E-state index contributed by atoms with van der Waals surface area (Å²) in [6.45, 7) is 2.54. The Hall–Kier alpha value is -3.60. The lowest BCUT2D eigenvalue weighted by Crippen LogP contribution is -2.44. The summed E-state index contributed by atoms with van der Waals surface area (Å²) in [5, 5.41) is 19.3. The molecule has 2 atom stereocenters. The lowest BCUT2D eigenvalue weighted by Gasteiger charge is -2.31. The van der Waals surface area contributed by atoms with Crippen LogP contribution in [0.2, 0.25) is 0 Å². The molecule has 10 nitrogen and oxygen atoms in total. The fraction of sp³-hybridized carbons (Fsp3) is 0.346. The Morgan fingerprint density at radius 3 is 2.92 bits per heavy atom. The van der Waals surface area contributed by atoms with Gasteiger partial charge in [-0.2, -0.15) is 5.10 Å². The number of carbonyl (C=O) groups is 2. The standard InChI is InChI=1S/C26H25N5O5.ClH/c1-2-26(35)18-10-21-22-16(12-31(21)24(33)17(18)13-36-25(26)34)15(14-6-3-4-7-19(14)29-22)11-28-30-23(32)20-8-5-9-27-20;/h3-4,6-7,10-11,20,27,35H,2,5,8-9,12-13H2,1H3,(H,30,32);1H/b28-11-;/t20?,26-;/m0./s1. The van der Waals surface area contributed by atoms with Gasteiger partial charge in [0.15, 0.2) is 5.60 Å². The first kappa shape index (κ1) is 25.1. The maximum atomic E-state index is 13.5. The van der Waals surface area contributed by atoms with Crippen LogP contribution in [0.1, 0.15) is 48.4 Å². The molecule has 1 saturated heterocycles. The maximum absolute atomic E-state index is 13.5. The van der Waals surface area contributed by atoms with Crippen molar-refractivity contribution in [2.45, 2.75) is 51.0 Å². The molecule has 3 aromatic rings. The summed E-state index contributed by atoms with van der Waals surface area (Å²) in [5.74, 6) is -0.943. The van der Waals surface area contributed by atoms with Crippen LogP contribution in [-0.2, 0) is 33.1 Å². The summed E-state index contributed by atoms with van der Waals surface area (Å²) >= 11 is 0. The van der Waals surface area contributed by atoms with Crippen molar-refractivity contribution >= 4 is 41.4 Å². The van der Waals surface area contributed by atoms with Gasteiger partial charge in [-0.05, 0) is 37.9 Å². The molecule has 3 N–H and O–H groups in total. The average molecular weight is 524 g/mol. The first-order valence-corrected chi connectivity index (χ1v) is 12.1. The molecule has 192 valence electrons. The van der Waals surface area contributed by atoms with E-state index >= 15 is 0 Å².